The summed E-state index contributed by atoms with van der Waals surface area (Å²) in [5, 5.41) is 0. The van der Waals surface area contributed by atoms with Crippen molar-refractivity contribution >= 4 is 5.97 Å². The molecule has 0 bridgehead atoms. The Balaban J connectivity index is 2.22. The van der Waals surface area contributed by atoms with Gasteiger partial charge in [-0.1, -0.05) is 31.1 Å². The molecule has 1 saturated heterocycles. The van der Waals surface area contributed by atoms with Gasteiger partial charge in [-0.05, 0) is 38.5 Å². The van der Waals surface area contributed by atoms with E-state index in [-0.39, 0.29) is 22.9 Å². The van der Waals surface area contributed by atoms with Crippen LogP contribution in [-0.4, -0.2) is 12.1 Å². The van der Waals surface area contributed by atoms with Gasteiger partial charge in [-0.25, -0.2) is 4.79 Å². The van der Waals surface area contributed by atoms with Crippen molar-refractivity contribution in [2.45, 2.75) is 53.1 Å². The number of rotatable bonds is 0. The minimum absolute atomic E-state index is 0.0690. The van der Waals surface area contributed by atoms with Crippen molar-refractivity contribution in [1.82, 2.24) is 0 Å². The maximum Gasteiger partial charge on any atom is 0.335 e. The number of hydrogen-bond donors (Lipinski definition) is 0. The molecule has 2 fully saturated rings. The SMILES string of the molecule is CC1=C2C(=O)O[C@@H]3CCC(C)(C)C(=CC1)[C@]23C. The molecule has 0 N–H and O–H groups in total. The second kappa shape index (κ2) is 3.04. The lowest BCUT2D eigenvalue weighted by atomic mass is 9.55. The molecule has 2 heteroatoms. The van der Waals surface area contributed by atoms with Crippen LogP contribution in [0.3, 0.4) is 0 Å². The first-order chi connectivity index (χ1) is 7.87. The molecule has 3 rings (SSSR count). The molecule has 0 aromatic heterocycles. The smallest absolute Gasteiger partial charge is 0.335 e. The Morgan fingerprint density at radius 2 is 2.06 bits per heavy atom. The topological polar surface area (TPSA) is 26.3 Å². The van der Waals surface area contributed by atoms with Crippen LogP contribution < -0.4 is 0 Å². The maximum atomic E-state index is 12.1. The van der Waals surface area contributed by atoms with E-state index in [1.807, 2.05) is 0 Å². The number of ether oxygens (including phenoxy) is 1. The van der Waals surface area contributed by atoms with Gasteiger partial charge in [0.15, 0.2) is 0 Å². The lowest BCUT2D eigenvalue weighted by molar-refractivity contribution is -0.140. The first-order valence-corrected chi connectivity index (χ1v) is 6.49. The normalized spacial score (nSPS) is 38.7. The number of esters is 1. The van der Waals surface area contributed by atoms with Crippen LogP contribution in [0.1, 0.15) is 47.0 Å². The van der Waals surface area contributed by atoms with Crippen LogP contribution in [0.5, 0.6) is 0 Å². The van der Waals surface area contributed by atoms with Crippen LogP contribution in [0.15, 0.2) is 22.8 Å². The molecule has 1 aliphatic heterocycles. The summed E-state index contributed by atoms with van der Waals surface area (Å²) in [6.45, 7) is 8.86. The van der Waals surface area contributed by atoms with Crippen LogP contribution in [0.4, 0.5) is 0 Å². The zero-order chi connectivity index (χ0) is 12.4. The van der Waals surface area contributed by atoms with Crippen molar-refractivity contribution in [3.05, 3.63) is 22.8 Å². The quantitative estimate of drug-likeness (QED) is 0.472. The van der Waals surface area contributed by atoms with Gasteiger partial charge in [0.1, 0.15) is 6.10 Å². The molecule has 2 nitrogen and oxygen atoms in total. The van der Waals surface area contributed by atoms with E-state index in [4.69, 9.17) is 4.74 Å². The van der Waals surface area contributed by atoms with Crippen molar-refractivity contribution < 1.29 is 9.53 Å². The predicted molar refractivity (Wildman–Crippen MR) is 66.4 cm³/mol. The monoisotopic (exact) mass is 232 g/mol. The van der Waals surface area contributed by atoms with Gasteiger partial charge in [0.05, 0.1) is 11.0 Å². The molecule has 0 amide bonds. The molecular formula is C15H20O2. The molecule has 17 heavy (non-hydrogen) atoms. The Morgan fingerprint density at radius 3 is 2.76 bits per heavy atom. The number of carbonyl (C=O) groups is 1. The minimum Gasteiger partial charge on any atom is -0.458 e. The van der Waals surface area contributed by atoms with E-state index in [0.29, 0.717) is 0 Å². The van der Waals surface area contributed by atoms with Gasteiger partial charge in [-0.2, -0.15) is 0 Å². The van der Waals surface area contributed by atoms with Gasteiger partial charge in [-0.15, -0.1) is 0 Å². The molecular weight excluding hydrogens is 212 g/mol. The zero-order valence-electron chi connectivity index (χ0n) is 11.1. The molecule has 0 spiro atoms. The summed E-state index contributed by atoms with van der Waals surface area (Å²) in [5.74, 6) is -0.0710. The van der Waals surface area contributed by atoms with Crippen LogP contribution in [0.25, 0.3) is 0 Å². The predicted octanol–water partition coefficient (Wildman–Crippen LogP) is 3.38. The Hall–Kier alpha value is -1.05. The van der Waals surface area contributed by atoms with Crippen LogP contribution in [0.2, 0.25) is 0 Å². The fraction of sp³-hybridized carbons (Fsp3) is 0.667. The first kappa shape index (κ1) is 11.1. The van der Waals surface area contributed by atoms with E-state index >= 15 is 0 Å². The van der Waals surface area contributed by atoms with E-state index in [1.165, 1.54) is 11.1 Å². The highest BCUT2D eigenvalue weighted by Crippen LogP contribution is 2.60. The molecule has 0 unspecified atom stereocenters. The average molecular weight is 232 g/mol. The minimum atomic E-state index is -0.152. The van der Waals surface area contributed by atoms with E-state index in [1.54, 1.807) is 0 Å². The molecule has 0 aromatic rings. The Kier molecular flexibility index (Phi) is 1.98. The van der Waals surface area contributed by atoms with E-state index in [2.05, 4.69) is 33.8 Å². The highest BCUT2D eigenvalue weighted by molar-refractivity contribution is 5.95. The molecule has 3 aliphatic rings. The molecule has 2 atom stereocenters. The largest absolute Gasteiger partial charge is 0.458 e. The van der Waals surface area contributed by atoms with Gasteiger partial charge >= 0.3 is 5.97 Å². The molecule has 2 aliphatic carbocycles. The highest BCUT2D eigenvalue weighted by Gasteiger charge is 2.59. The Morgan fingerprint density at radius 1 is 1.35 bits per heavy atom. The average Bonchev–Trinajstić information content (AvgIpc) is 2.47. The van der Waals surface area contributed by atoms with Crippen molar-refractivity contribution in [2.24, 2.45) is 10.8 Å². The van der Waals surface area contributed by atoms with Crippen molar-refractivity contribution in [3.63, 3.8) is 0 Å². The second-order valence-electron chi connectivity index (χ2n) is 6.50. The van der Waals surface area contributed by atoms with E-state index in [0.717, 1.165) is 24.8 Å². The van der Waals surface area contributed by atoms with Crippen LogP contribution in [-0.2, 0) is 9.53 Å². The molecule has 1 saturated carbocycles. The van der Waals surface area contributed by atoms with Gasteiger partial charge in [-0.3, -0.25) is 0 Å². The van der Waals surface area contributed by atoms with Crippen LogP contribution in [0, 0.1) is 10.8 Å². The van der Waals surface area contributed by atoms with E-state index < -0.39 is 0 Å². The summed E-state index contributed by atoms with van der Waals surface area (Å²) >= 11 is 0. The Labute approximate surface area is 103 Å². The van der Waals surface area contributed by atoms with Crippen molar-refractivity contribution in [2.75, 3.05) is 0 Å². The van der Waals surface area contributed by atoms with Crippen molar-refractivity contribution in [3.8, 4) is 0 Å². The van der Waals surface area contributed by atoms with E-state index in [9.17, 15) is 4.79 Å². The number of allylic oxidation sites excluding steroid dienone is 2. The summed E-state index contributed by atoms with van der Waals surface area (Å²) in [4.78, 5) is 12.1. The van der Waals surface area contributed by atoms with Crippen molar-refractivity contribution in [1.29, 1.82) is 0 Å². The fourth-order valence-corrected chi connectivity index (χ4v) is 4.13. The maximum absolute atomic E-state index is 12.1. The molecule has 0 radical (unpaired) electrons. The van der Waals surface area contributed by atoms with Gasteiger partial charge in [0.2, 0.25) is 0 Å². The summed E-state index contributed by atoms with van der Waals surface area (Å²) in [7, 11) is 0. The summed E-state index contributed by atoms with van der Waals surface area (Å²) in [6.07, 6.45) is 5.42. The summed E-state index contributed by atoms with van der Waals surface area (Å²) < 4.78 is 5.61. The first-order valence-electron chi connectivity index (χ1n) is 6.49. The molecule has 0 aromatic carbocycles. The summed E-state index contributed by atoms with van der Waals surface area (Å²) in [5.41, 5.74) is 3.62. The third kappa shape index (κ3) is 1.19. The van der Waals surface area contributed by atoms with Crippen LogP contribution >= 0.6 is 0 Å². The summed E-state index contributed by atoms with van der Waals surface area (Å²) in [6, 6.07) is 0. The second-order valence-corrected chi connectivity index (χ2v) is 6.50. The fourth-order valence-electron chi connectivity index (χ4n) is 4.13. The third-order valence-electron chi connectivity index (χ3n) is 4.98. The van der Waals surface area contributed by atoms with Gasteiger partial charge in [0, 0.05) is 0 Å². The molecule has 1 heterocycles. The lowest BCUT2D eigenvalue weighted by Crippen LogP contribution is -2.43. The number of hydrogen-bond acceptors (Lipinski definition) is 2. The van der Waals surface area contributed by atoms with Gasteiger partial charge in [0.25, 0.3) is 0 Å². The zero-order valence-corrected chi connectivity index (χ0v) is 11.1. The van der Waals surface area contributed by atoms with Gasteiger partial charge < -0.3 is 4.74 Å². The molecule has 92 valence electrons. The highest BCUT2D eigenvalue weighted by atomic mass is 16.6. The lowest BCUT2D eigenvalue weighted by Gasteiger charge is -2.48. The number of carbonyl (C=O) groups excluding carboxylic acids is 1. The standard InChI is InChI=1S/C15H20O2/c1-9-5-6-10-14(2,3)8-7-11-15(10,4)12(9)13(16)17-11/h6,11H,5,7-8H2,1-4H3/t11-,15+/m1/s1. The third-order valence-corrected chi connectivity index (χ3v) is 4.98. The Bertz CT molecular complexity index is 467.